The minimum Gasteiger partial charge on any atom is -0.396 e. The summed E-state index contributed by atoms with van der Waals surface area (Å²) in [5.41, 5.74) is 7.97. The van der Waals surface area contributed by atoms with Crippen LogP contribution in [0.4, 0.5) is 0 Å². The van der Waals surface area contributed by atoms with Gasteiger partial charge >= 0.3 is 0 Å². The molecule has 4 heteroatoms. The Morgan fingerprint density at radius 1 is 1.29 bits per heavy atom. The molecule has 0 bridgehead atoms. The topological polar surface area (TPSA) is 83.6 Å². The standard InChI is InChI=1S/C24H39NO3/c1-14-10-18-15(2)6-7-20-23(19(18)11-14)24(20,22(25)13-27)17-5-3-4-16(12-17)21(28)8-9-26/h13-14,16-23,26,28H,2-12,25H2,1H3/t14-,16+,17+,18+,19+,20+,21+,22+,23-,24+/m0/s1. The Bertz CT molecular complexity index is 607. The van der Waals surface area contributed by atoms with Gasteiger partial charge < -0.3 is 20.7 Å². The summed E-state index contributed by atoms with van der Waals surface area (Å²) in [4.78, 5) is 12.0. The van der Waals surface area contributed by atoms with Crippen LogP contribution in [0.5, 0.6) is 0 Å². The molecule has 4 nitrogen and oxygen atoms in total. The summed E-state index contributed by atoms with van der Waals surface area (Å²) in [7, 11) is 0. The number of rotatable bonds is 6. The first-order chi connectivity index (χ1) is 13.4. The van der Waals surface area contributed by atoms with Crippen LogP contribution < -0.4 is 5.73 Å². The molecule has 0 unspecified atom stereocenters. The van der Waals surface area contributed by atoms with Crippen molar-refractivity contribution in [2.24, 2.45) is 52.6 Å². The average Bonchev–Trinajstić information content (AvgIpc) is 3.25. The van der Waals surface area contributed by atoms with Gasteiger partial charge in [-0.15, -0.1) is 0 Å². The third-order valence-corrected chi connectivity index (χ3v) is 9.27. The van der Waals surface area contributed by atoms with Crippen molar-refractivity contribution < 1.29 is 15.0 Å². The van der Waals surface area contributed by atoms with E-state index in [4.69, 9.17) is 5.73 Å². The van der Waals surface area contributed by atoms with Crippen LogP contribution >= 0.6 is 0 Å². The first-order valence-corrected chi connectivity index (χ1v) is 11.6. The summed E-state index contributed by atoms with van der Waals surface area (Å²) in [5, 5.41) is 19.8. The number of allylic oxidation sites excluding steroid dienone is 1. The van der Waals surface area contributed by atoms with Crippen molar-refractivity contribution in [2.45, 2.75) is 76.9 Å². The molecule has 4 rings (SSSR count). The van der Waals surface area contributed by atoms with Gasteiger partial charge in [0, 0.05) is 12.0 Å². The van der Waals surface area contributed by atoms with Crippen molar-refractivity contribution in [2.75, 3.05) is 6.61 Å². The van der Waals surface area contributed by atoms with Gasteiger partial charge in [-0.3, -0.25) is 0 Å². The quantitative estimate of drug-likeness (QED) is 0.481. The summed E-state index contributed by atoms with van der Waals surface area (Å²) in [5.74, 6) is 3.76. The van der Waals surface area contributed by atoms with E-state index in [1.165, 1.54) is 18.4 Å². The molecule has 0 spiro atoms. The van der Waals surface area contributed by atoms with E-state index in [1.807, 2.05) is 0 Å². The highest BCUT2D eigenvalue weighted by molar-refractivity contribution is 5.61. The molecule has 0 amide bonds. The normalized spacial score (nSPS) is 47.6. The van der Waals surface area contributed by atoms with E-state index in [0.717, 1.165) is 50.7 Å². The molecule has 158 valence electrons. The Balaban J connectivity index is 1.62. The van der Waals surface area contributed by atoms with Gasteiger partial charge in [0.15, 0.2) is 0 Å². The molecule has 4 aliphatic carbocycles. The number of hydrogen-bond acceptors (Lipinski definition) is 4. The molecule has 0 heterocycles. The lowest BCUT2D eigenvalue weighted by Gasteiger charge is -2.41. The second-order valence-electron chi connectivity index (χ2n) is 10.5. The van der Waals surface area contributed by atoms with Gasteiger partial charge in [-0.05, 0) is 92.8 Å². The molecule has 28 heavy (non-hydrogen) atoms. The minimum atomic E-state index is -0.431. The minimum absolute atomic E-state index is 0.0380. The van der Waals surface area contributed by atoms with E-state index in [2.05, 4.69) is 13.5 Å². The zero-order valence-electron chi connectivity index (χ0n) is 17.4. The maximum Gasteiger partial charge on any atom is 0.137 e. The number of fused-ring (bicyclic) bond motifs is 3. The van der Waals surface area contributed by atoms with Crippen LogP contribution in [0.25, 0.3) is 0 Å². The number of nitrogens with two attached hydrogens (primary N) is 1. The zero-order chi connectivity index (χ0) is 20.1. The van der Waals surface area contributed by atoms with Crippen molar-refractivity contribution in [3.8, 4) is 0 Å². The number of aliphatic hydroxyl groups excluding tert-OH is 2. The van der Waals surface area contributed by atoms with Crippen LogP contribution in [0.2, 0.25) is 0 Å². The highest BCUT2D eigenvalue weighted by Gasteiger charge is 2.73. The van der Waals surface area contributed by atoms with Crippen LogP contribution in [0.15, 0.2) is 12.2 Å². The largest absolute Gasteiger partial charge is 0.396 e. The Labute approximate surface area is 170 Å². The number of carbonyl (C=O) groups excluding carboxylic acids is 1. The van der Waals surface area contributed by atoms with Crippen molar-refractivity contribution in [1.29, 1.82) is 0 Å². The fourth-order valence-corrected chi connectivity index (χ4v) is 8.19. The molecule has 0 aliphatic heterocycles. The fourth-order valence-electron chi connectivity index (χ4n) is 8.19. The highest BCUT2D eigenvalue weighted by Crippen LogP contribution is 2.75. The molecule has 0 aromatic heterocycles. The molecule has 0 radical (unpaired) electrons. The van der Waals surface area contributed by atoms with Gasteiger partial charge in [-0.2, -0.15) is 0 Å². The Kier molecular flexibility index (Phi) is 5.76. The second-order valence-corrected chi connectivity index (χ2v) is 10.5. The molecule has 10 atom stereocenters. The number of aldehydes is 1. The average molecular weight is 390 g/mol. The first kappa shape index (κ1) is 20.6. The summed E-state index contributed by atoms with van der Waals surface area (Å²) in [6.07, 6.45) is 9.99. The van der Waals surface area contributed by atoms with Crippen LogP contribution in [0.3, 0.4) is 0 Å². The van der Waals surface area contributed by atoms with Gasteiger partial charge in [0.1, 0.15) is 6.29 Å². The van der Waals surface area contributed by atoms with E-state index < -0.39 is 6.10 Å². The summed E-state index contributed by atoms with van der Waals surface area (Å²) in [6, 6.07) is -0.385. The van der Waals surface area contributed by atoms with Crippen LogP contribution in [0, 0.1) is 46.8 Å². The van der Waals surface area contributed by atoms with Gasteiger partial charge in [-0.1, -0.05) is 25.5 Å². The van der Waals surface area contributed by atoms with Gasteiger partial charge in [0.2, 0.25) is 0 Å². The molecule has 0 saturated heterocycles. The fraction of sp³-hybridized carbons (Fsp3) is 0.875. The SMILES string of the molecule is C=C1CC[C@@H]2[C@H]([C@@H]3C[C@@H](C)C[C@H]13)[C@@]2([C@@H]1CCC[C@@H]([C@H](O)CCO)C1)[C@H](N)C=O. The monoisotopic (exact) mass is 389 g/mol. The molecule has 4 fully saturated rings. The Morgan fingerprint density at radius 2 is 2.07 bits per heavy atom. The van der Waals surface area contributed by atoms with E-state index >= 15 is 0 Å². The third kappa shape index (κ3) is 3.11. The van der Waals surface area contributed by atoms with Crippen molar-refractivity contribution in [3.05, 3.63) is 12.2 Å². The molecule has 4 saturated carbocycles. The highest BCUT2D eigenvalue weighted by atomic mass is 16.3. The Hall–Kier alpha value is -0.710. The maximum absolute atomic E-state index is 12.0. The lowest BCUT2D eigenvalue weighted by Crippen LogP contribution is -2.44. The van der Waals surface area contributed by atoms with Gasteiger partial charge in [0.25, 0.3) is 0 Å². The van der Waals surface area contributed by atoms with Gasteiger partial charge in [0.05, 0.1) is 12.1 Å². The van der Waals surface area contributed by atoms with E-state index in [0.29, 0.717) is 36.0 Å². The lowest BCUT2D eigenvalue weighted by molar-refractivity contribution is -0.111. The van der Waals surface area contributed by atoms with E-state index in [-0.39, 0.29) is 24.0 Å². The summed E-state index contributed by atoms with van der Waals surface area (Å²) >= 11 is 0. The van der Waals surface area contributed by atoms with Gasteiger partial charge in [-0.25, -0.2) is 0 Å². The number of carbonyl (C=O) groups is 1. The van der Waals surface area contributed by atoms with Crippen molar-refractivity contribution >= 4 is 6.29 Å². The van der Waals surface area contributed by atoms with Crippen LogP contribution in [0.1, 0.15) is 64.7 Å². The van der Waals surface area contributed by atoms with Crippen LogP contribution in [-0.2, 0) is 4.79 Å². The zero-order valence-corrected chi connectivity index (χ0v) is 17.4. The molecule has 4 N–H and O–H groups in total. The molecule has 0 aromatic carbocycles. The number of hydrogen-bond donors (Lipinski definition) is 3. The third-order valence-electron chi connectivity index (χ3n) is 9.27. The predicted octanol–water partition coefficient (Wildman–Crippen LogP) is 3.31. The molecule has 4 aliphatic rings. The maximum atomic E-state index is 12.0. The summed E-state index contributed by atoms with van der Waals surface area (Å²) < 4.78 is 0. The molecule has 0 aromatic rings. The molecular weight excluding hydrogens is 350 g/mol. The van der Waals surface area contributed by atoms with Crippen LogP contribution in [-0.4, -0.2) is 35.3 Å². The van der Waals surface area contributed by atoms with E-state index in [9.17, 15) is 15.0 Å². The number of aliphatic hydroxyl groups is 2. The van der Waals surface area contributed by atoms with Crippen molar-refractivity contribution in [3.63, 3.8) is 0 Å². The second kappa shape index (κ2) is 7.85. The smallest absolute Gasteiger partial charge is 0.137 e. The summed E-state index contributed by atoms with van der Waals surface area (Å²) in [6.45, 7) is 6.83. The lowest BCUT2D eigenvalue weighted by atomic mass is 9.65. The Morgan fingerprint density at radius 3 is 2.79 bits per heavy atom. The molecular formula is C24H39NO3. The van der Waals surface area contributed by atoms with E-state index in [1.54, 1.807) is 0 Å². The first-order valence-electron chi connectivity index (χ1n) is 11.6. The van der Waals surface area contributed by atoms with Crippen molar-refractivity contribution in [1.82, 2.24) is 0 Å². The predicted molar refractivity (Wildman–Crippen MR) is 110 cm³/mol.